The van der Waals surface area contributed by atoms with E-state index in [0.717, 1.165) is 54.1 Å². The minimum Gasteiger partial charge on any atom is -0.493 e. The van der Waals surface area contributed by atoms with Gasteiger partial charge in [-0.1, -0.05) is 18.2 Å². The van der Waals surface area contributed by atoms with Gasteiger partial charge in [-0.15, -0.1) is 0 Å². The van der Waals surface area contributed by atoms with Crippen molar-refractivity contribution in [1.29, 1.82) is 0 Å². The zero-order valence-electron chi connectivity index (χ0n) is 17.3. The molecule has 0 spiro atoms. The number of fused-ring (bicyclic) bond motifs is 1. The summed E-state index contributed by atoms with van der Waals surface area (Å²) < 4.78 is 17.2. The van der Waals surface area contributed by atoms with E-state index in [1.54, 1.807) is 13.3 Å². The number of nitrogens with zero attached hydrogens (tertiary/aromatic N) is 2. The molecular formula is C23H29N3O4. The van der Waals surface area contributed by atoms with Gasteiger partial charge in [0.2, 0.25) is 0 Å². The molecule has 0 amide bonds. The number of methoxy groups -OCH3 is 1. The number of rotatable bonds is 9. The Morgan fingerprint density at radius 3 is 2.63 bits per heavy atom. The molecule has 7 heteroatoms. The van der Waals surface area contributed by atoms with Crippen LogP contribution in [-0.4, -0.2) is 66.3 Å². The smallest absolute Gasteiger partial charge is 0.161 e. The van der Waals surface area contributed by atoms with Gasteiger partial charge in [-0.05, 0) is 56.1 Å². The molecule has 1 unspecified atom stereocenters. The average molecular weight is 412 g/mol. The molecule has 2 heterocycles. The summed E-state index contributed by atoms with van der Waals surface area (Å²) in [4.78, 5) is 2.30. The minimum absolute atomic E-state index is 0.265. The average Bonchev–Trinajstić information content (AvgIpc) is 3.27. The normalized spacial score (nSPS) is 16.5. The Labute approximate surface area is 176 Å². The highest BCUT2D eigenvalue weighted by atomic mass is 16.5. The first-order chi connectivity index (χ1) is 14.7. The molecule has 1 aromatic heterocycles. The molecule has 1 atom stereocenters. The molecule has 2 N–H and O–H groups in total. The molecule has 1 aliphatic heterocycles. The van der Waals surface area contributed by atoms with Crippen LogP contribution < -0.4 is 14.2 Å². The standard InChI is InChI=1S/C23H29N3O4/c1-28-22-6-2-3-7-23(22)29-15-17-9-11-26(12-10-17)14-18(27)16-30-21-8-4-5-20-19(21)13-24-25-20/h2-8,13,17-18,27H,9-12,14-16H2,1H3,(H,24,25). The molecular weight excluding hydrogens is 382 g/mol. The number of aromatic amines is 1. The van der Waals surface area contributed by atoms with Crippen molar-refractivity contribution >= 4 is 10.9 Å². The molecule has 4 rings (SSSR count). The lowest BCUT2D eigenvalue weighted by atomic mass is 9.97. The van der Waals surface area contributed by atoms with Crippen molar-refractivity contribution in [3.05, 3.63) is 48.7 Å². The number of para-hydroxylation sites is 2. The number of aromatic nitrogens is 2. The van der Waals surface area contributed by atoms with E-state index in [0.29, 0.717) is 19.1 Å². The number of likely N-dealkylation sites (tertiary alicyclic amines) is 1. The minimum atomic E-state index is -0.534. The number of hydrogen-bond acceptors (Lipinski definition) is 6. The Morgan fingerprint density at radius 2 is 1.83 bits per heavy atom. The molecule has 1 saturated heterocycles. The molecule has 2 aromatic carbocycles. The van der Waals surface area contributed by atoms with E-state index >= 15 is 0 Å². The molecule has 3 aromatic rings. The number of β-amino-alcohol motifs (C(OH)–C–C–N with tert-alkyl or cyclic N) is 1. The maximum absolute atomic E-state index is 10.4. The fourth-order valence-electron chi connectivity index (χ4n) is 3.88. The van der Waals surface area contributed by atoms with Crippen LogP contribution in [0.15, 0.2) is 48.7 Å². The summed E-state index contributed by atoms with van der Waals surface area (Å²) in [5, 5.41) is 18.3. The SMILES string of the molecule is COc1ccccc1OCC1CCN(CC(O)COc2cccc3[nH]ncc23)CC1. The predicted octanol–water partition coefficient (Wildman–Crippen LogP) is 3.10. The van der Waals surface area contributed by atoms with E-state index in [2.05, 4.69) is 15.1 Å². The number of aliphatic hydroxyl groups is 1. The van der Waals surface area contributed by atoms with E-state index < -0.39 is 6.10 Å². The van der Waals surface area contributed by atoms with Gasteiger partial charge in [-0.25, -0.2) is 0 Å². The maximum atomic E-state index is 10.4. The first-order valence-electron chi connectivity index (χ1n) is 10.4. The molecule has 1 aliphatic rings. The Morgan fingerprint density at radius 1 is 1.07 bits per heavy atom. The largest absolute Gasteiger partial charge is 0.493 e. The van der Waals surface area contributed by atoms with Crippen LogP contribution >= 0.6 is 0 Å². The zero-order chi connectivity index (χ0) is 20.8. The van der Waals surface area contributed by atoms with Crippen LogP contribution in [0.2, 0.25) is 0 Å². The number of H-pyrrole nitrogens is 1. The third kappa shape index (κ3) is 5.04. The highest BCUT2D eigenvalue weighted by Gasteiger charge is 2.22. The first kappa shape index (κ1) is 20.5. The van der Waals surface area contributed by atoms with E-state index in [9.17, 15) is 5.11 Å². The van der Waals surface area contributed by atoms with Crippen LogP contribution in [0.4, 0.5) is 0 Å². The fourth-order valence-corrected chi connectivity index (χ4v) is 3.88. The predicted molar refractivity (Wildman–Crippen MR) is 115 cm³/mol. The lowest BCUT2D eigenvalue weighted by Crippen LogP contribution is -2.41. The van der Waals surface area contributed by atoms with Gasteiger partial charge in [0.15, 0.2) is 11.5 Å². The van der Waals surface area contributed by atoms with Crippen molar-refractivity contribution in [2.75, 3.05) is 40.0 Å². The number of piperidine rings is 1. The summed E-state index contributed by atoms with van der Waals surface area (Å²) >= 11 is 0. The van der Waals surface area contributed by atoms with Crippen molar-refractivity contribution in [3.8, 4) is 17.2 Å². The van der Waals surface area contributed by atoms with Gasteiger partial charge in [0.1, 0.15) is 18.5 Å². The second-order valence-corrected chi connectivity index (χ2v) is 7.76. The maximum Gasteiger partial charge on any atom is 0.161 e. The topological polar surface area (TPSA) is 79.8 Å². The van der Waals surface area contributed by atoms with Crippen LogP contribution in [0.1, 0.15) is 12.8 Å². The van der Waals surface area contributed by atoms with Crippen LogP contribution in [0.25, 0.3) is 10.9 Å². The van der Waals surface area contributed by atoms with Crippen LogP contribution in [0, 0.1) is 5.92 Å². The van der Waals surface area contributed by atoms with Gasteiger partial charge in [-0.3, -0.25) is 5.10 Å². The number of benzene rings is 2. The van der Waals surface area contributed by atoms with Gasteiger partial charge >= 0.3 is 0 Å². The zero-order valence-corrected chi connectivity index (χ0v) is 17.3. The van der Waals surface area contributed by atoms with E-state index in [4.69, 9.17) is 14.2 Å². The number of nitrogens with one attached hydrogen (secondary N) is 1. The molecule has 1 fully saturated rings. The number of ether oxygens (including phenoxy) is 3. The summed E-state index contributed by atoms with van der Waals surface area (Å²) in [5.74, 6) is 2.82. The molecule has 0 radical (unpaired) electrons. The van der Waals surface area contributed by atoms with Gasteiger partial charge in [0.25, 0.3) is 0 Å². The third-order valence-corrected chi connectivity index (χ3v) is 5.60. The molecule has 160 valence electrons. The van der Waals surface area contributed by atoms with Gasteiger partial charge in [0, 0.05) is 6.54 Å². The summed E-state index contributed by atoms with van der Waals surface area (Å²) in [6.45, 7) is 3.47. The van der Waals surface area contributed by atoms with Gasteiger partial charge < -0.3 is 24.2 Å². The van der Waals surface area contributed by atoms with E-state index in [1.807, 2.05) is 42.5 Å². The number of hydrogen-bond donors (Lipinski definition) is 2. The highest BCUT2D eigenvalue weighted by molar-refractivity contribution is 5.84. The quantitative estimate of drug-likeness (QED) is 0.563. The van der Waals surface area contributed by atoms with Gasteiger partial charge in [-0.2, -0.15) is 5.10 Å². The van der Waals surface area contributed by atoms with Crippen molar-refractivity contribution in [2.24, 2.45) is 5.92 Å². The van der Waals surface area contributed by atoms with Crippen molar-refractivity contribution in [2.45, 2.75) is 18.9 Å². The fraction of sp³-hybridized carbons (Fsp3) is 0.435. The molecule has 0 saturated carbocycles. The Balaban J connectivity index is 1.18. The van der Waals surface area contributed by atoms with Crippen molar-refractivity contribution in [3.63, 3.8) is 0 Å². The molecule has 30 heavy (non-hydrogen) atoms. The summed E-state index contributed by atoms with van der Waals surface area (Å²) in [5.41, 5.74) is 0.930. The second kappa shape index (κ2) is 9.82. The Bertz CT molecular complexity index is 937. The van der Waals surface area contributed by atoms with Crippen molar-refractivity contribution < 1.29 is 19.3 Å². The molecule has 7 nitrogen and oxygen atoms in total. The Kier molecular flexibility index (Phi) is 6.71. The first-order valence-corrected chi connectivity index (χ1v) is 10.4. The van der Waals surface area contributed by atoms with Crippen LogP contribution in [0.5, 0.6) is 17.2 Å². The summed E-state index contributed by atoms with van der Waals surface area (Å²) in [7, 11) is 1.66. The highest BCUT2D eigenvalue weighted by Crippen LogP contribution is 2.28. The van der Waals surface area contributed by atoms with E-state index in [1.165, 1.54) is 0 Å². The lowest BCUT2D eigenvalue weighted by Gasteiger charge is -2.33. The summed E-state index contributed by atoms with van der Waals surface area (Å²) in [6.07, 6.45) is 3.32. The molecule has 0 aliphatic carbocycles. The van der Waals surface area contributed by atoms with Crippen molar-refractivity contribution in [1.82, 2.24) is 15.1 Å². The third-order valence-electron chi connectivity index (χ3n) is 5.60. The Hall–Kier alpha value is -2.77. The lowest BCUT2D eigenvalue weighted by molar-refractivity contribution is 0.0505. The summed E-state index contributed by atoms with van der Waals surface area (Å²) in [6, 6.07) is 13.5. The van der Waals surface area contributed by atoms with Crippen LogP contribution in [0.3, 0.4) is 0 Å². The monoisotopic (exact) mass is 411 g/mol. The second-order valence-electron chi connectivity index (χ2n) is 7.76. The number of aliphatic hydroxyl groups excluding tert-OH is 1. The van der Waals surface area contributed by atoms with Crippen LogP contribution in [-0.2, 0) is 0 Å². The van der Waals surface area contributed by atoms with E-state index in [-0.39, 0.29) is 6.61 Å². The van der Waals surface area contributed by atoms with Gasteiger partial charge in [0.05, 0.1) is 30.8 Å². The molecule has 0 bridgehead atoms.